The first-order chi connectivity index (χ1) is 5.15. The minimum atomic E-state index is 0.0321. The van der Waals surface area contributed by atoms with Gasteiger partial charge in [-0.3, -0.25) is 0 Å². The van der Waals surface area contributed by atoms with Crippen LogP contribution in [0.1, 0.15) is 0 Å². The topological polar surface area (TPSA) is 142 Å². The molecular weight excluding hydrogens is 146 g/mol. The third kappa shape index (κ3) is 1.22. The van der Waals surface area contributed by atoms with Crippen LogP contribution in [0.25, 0.3) is 0 Å². The highest BCUT2D eigenvalue weighted by Crippen LogP contribution is 2.20. The summed E-state index contributed by atoms with van der Waals surface area (Å²) in [7, 11) is 0. The SMILES string of the molecule is NNc1nc(N)nc(N)c1N. The second kappa shape index (κ2) is 2.46. The van der Waals surface area contributed by atoms with E-state index in [-0.39, 0.29) is 23.3 Å². The normalized spacial score (nSPS) is 9.55. The molecule has 7 heteroatoms. The molecule has 1 aromatic rings. The maximum atomic E-state index is 5.41. The molecule has 0 saturated heterocycles. The first-order valence-corrected chi connectivity index (χ1v) is 2.80. The summed E-state index contributed by atoms with van der Waals surface area (Å²) in [5, 5.41) is 0. The Bertz CT molecular complexity index is 269. The van der Waals surface area contributed by atoms with Crippen LogP contribution in [0.4, 0.5) is 23.3 Å². The Morgan fingerprint density at radius 2 is 1.73 bits per heavy atom. The Hall–Kier alpha value is -1.76. The third-order valence-corrected chi connectivity index (χ3v) is 1.13. The Morgan fingerprint density at radius 3 is 2.27 bits per heavy atom. The molecule has 7 nitrogen and oxygen atoms in total. The minimum absolute atomic E-state index is 0.0321. The number of nitrogens with two attached hydrogens (primary N) is 4. The van der Waals surface area contributed by atoms with Crippen LogP contribution in [-0.2, 0) is 0 Å². The zero-order chi connectivity index (χ0) is 8.43. The van der Waals surface area contributed by atoms with Gasteiger partial charge in [0.2, 0.25) is 5.95 Å². The van der Waals surface area contributed by atoms with Crippen molar-refractivity contribution in [2.75, 3.05) is 22.6 Å². The van der Waals surface area contributed by atoms with E-state index < -0.39 is 0 Å². The highest BCUT2D eigenvalue weighted by atomic mass is 15.3. The van der Waals surface area contributed by atoms with Crippen LogP contribution in [0.5, 0.6) is 0 Å². The molecule has 0 bridgehead atoms. The zero-order valence-corrected chi connectivity index (χ0v) is 5.70. The van der Waals surface area contributed by atoms with Crippen LogP contribution in [0, 0.1) is 0 Å². The van der Waals surface area contributed by atoms with Gasteiger partial charge >= 0.3 is 0 Å². The first kappa shape index (κ1) is 7.35. The van der Waals surface area contributed by atoms with Crippen molar-refractivity contribution in [2.24, 2.45) is 5.84 Å². The zero-order valence-electron chi connectivity index (χ0n) is 5.70. The van der Waals surface area contributed by atoms with E-state index in [1.165, 1.54) is 0 Å². The molecule has 0 spiro atoms. The van der Waals surface area contributed by atoms with Gasteiger partial charge in [-0.2, -0.15) is 9.97 Å². The second-order valence-corrected chi connectivity index (χ2v) is 1.87. The summed E-state index contributed by atoms with van der Waals surface area (Å²) in [4.78, 5) is 7.28. The van der Waals surface area contributed by atoms with Crippen LogP contribution in [0.15, 0.2) is 0 Å². The van der Waals surface area contributed by atoms with E-state index in [4.69, 9.17) is 23.0 Å². The van der Waals surface area contributed by atoms with Gasteiger partial charge in [0.05, 0.1) is 0 Å². The number of aromatic nitrogens is 2. The Kier molecular flexibility index (Phi) is 1.65. The van der Waals surface area contributed by atoms with Crippen molar-refractivity contribution >= 4 is 23.3 Å². The van der Waals surface area contributed by atoms with Gasteiger partial charge in [0.25, 0.3) is 0 Å². The first-order valence-electron chi connectivity index (χ1n) is 2.80. The van der Waals surface area contributed by atoms with Crippen LogP contribution in [0.3, 0.4) is 0 Å². The standard InChI is InChI=1S/C4H9N7/c5-1-2(6)9-4(7)10-3(1)11-8/h5,8H2,(H5,6,7,9,10,11). The maximum Gasteiger partial charge on any atom is 0.224 e. The summed E-state index contributed by atoms with van der Waals surface area (Å²) in [6.07, 6.45) is 0. The van der Waals surface area contributed by atoms with Crippen LogP contribution >= 0.6 is 0 Å². The van der Waals surface area contributed by atoms with Crippen molar-refractivity contribution in [3.05, 3.63) is 0 Å². The highest BCUT2D eigenvalue weighted by Gasteiger charge is 2.05. The molecule has 0 unspecified atom stereocenters. The number of hydrogen-bond donors (Lipinski definition) is 5. The van der Waals surface area contributed by atoms with Crippen molar-refractivity contribution in [3.63, 3.8) is 0 Å². The van der Waals surface area contributed by atoms with Crippen molar-refractivity contribution < 1.29 is 0 Å². The van der Waals surface area contributed by atoms with Crippen molar-refractivity contribution in [2.45, 2.75) is 0 Å². The largest absolute Gasteiger partial charge is 0.393 e. The van der Waals surface area contributed by atoms with E-state index in [0.717, 1.165) is 0 Å². The van der Waals surface area contributed by atoms with Crippen molar-refractivity contribution in [1.82, 2.24) is 9.97 Å². The third-order valence-electron chi connectivity index (χ3n) is 1.13. The molecule has 1 rings (SSSR count). The van der Waals surface area contributed by atoms with Crippen LogP contribution in [-0.4, -0.2) is 9.97 Å². The van der Waals surface area contributed by atoms with Gasteiger partial charge in [0, 0.05) is 0 Å². The van der Waals surface area contributed by atoms with Gasteiger partial charge in [0.15, 0.2) is 11.6 Å². The van der Waals surface area contributed by atoms with Crippen LogP contribution < -0.4 is 28.5 Å². The predicted molar refractivity (Wildman–Crippen MR) is 43.1 cm³/mol. The summed E-state index contributed by atoms with van der Waals surface area (Å²) in [6.45, 7) is 0. The summed E-state index contributed by atoms with van der Waals surface area (Å²) in [5.41, 5.74) is 18.4. The fourth-order valence-electron chi connectivity index (χ4n) is 0.615. The predicted octanol–water partition coefficient (Wildman–Crippen LogP) is -1.49. The fraction of sp³-hybridized carbons (Fsp3) is 0. The number of hydrazine groups is 1. The number of rotatable bonds is 1. The molecule has 11 heavy (non-hydrogen) atoms. The molecule has 1 aromatic heterocycles. The van der Waals surface area contributed by atoms with Gasteiger partial charge in [-0.25, -0.2) is 5.84 Å². The molecule has 0 aliphatic carbocycles. The molecule has 0 amide bonds. The molecule has 0 atom stereocenters. The molecular formula is C4H9N7. The van der Waals surface area contributed by atoms with E-state index in [9.17, 15) is 0 Å². The van der Waals surface area contributed by atoms with Crippen LogP contribution in [0.2, 0.25) is 0 Å². The summed E-state index contributed by atoms with van der Waals surface area (Å²) >= 11 is 0. The highest BCUT2D eigenvalue weighted by molar-refractivity contribution is 5.73. The lowest BCUT2D eigenvalue weighted by molar-refractivity contribution is 1.16. The van der Waals surface area contributed by atoms with Crippen molar-refractivity contribution in [3.8, 4) is 0 Å². The van der Waals surface area contributed by atoms with Gasteiger partial charge in [-0.05, 0) is 0 Å². The lowest BCUT2D eigenvalue weighted by Gasteiger charge is -2.05. The van der Waals surface area contributed by atoms with E-state index in [0.29, 0.717) is 0 Å². The van der Waals surface area contributed by atoms with E-state index in [1.54, 1.807) is 0 Å². The molecule has 0 aliphatic heterocycles. The number of nitrogens with zero attached hydrogens (tertiary/aromatic N) is 2. The van der Waals surface area contributed by atoms with Gasteiger partial charge in [-0.1, -0.05) is 0 Å². The van der Waals surface area contributed by atoms with Gasteiger partial charge in [-0.15, -0.1) is 0 Å². The van der Waals surface area contributed by atoms with E-state index in [1.807, 2.05) is 0 Å². The average Bonchev–Trinajstić information content (AvgIpc) is 1.96. The average molecular weight is 155 g/mol. The molecule has 0 saturated carbocycles. The lowest BCUT2D eigenvalue weighted by Crippen LogP contribution is -2.14. The second-order valence-electron chi connectivity index (χ2n) is 1.87. The Morgan fingerprint density at radius 1 is 1.09 bits per heavy atom. The molecule has 60 valence electrons. The van der Waals surface area contributed by atoms with Crippen molar-refractivity contribution in [1.29, 1.82) is 0 Å². The minimum Gasteiger partial charge on any atom is -0.393 e. The molecule has 9 N–H and O–H groups in total. The smallest absolute Gasteiger partial charge is 0.224 e. The molecule has 0 fully saturated rings. The molecule has 1 heterocycles. The van der Waals surface area contributed by atoms with E-state index >= 15 is 0 Å². The lowest BCUT2D eigenvalue weighted by atomic mass is 10.4. The summed E-state index contributed by atoms with van der Waals surface area (Å²) in [5.74, 6) is 5.44. The molecule has 0 aliphatic rings. The monoisotopic (exact) mass is 155 g/mol. The van der Waals surface area contributed by atoms with Gasteiger partial charge < -0.3 is 22.6 Å². The number of nitrogen functional groups attached to an aromatic ring is 4. The van der Waals surface area contributed by atoms with Gasteiger partial charge in [0.1, 0.15) is 5.69 Å². The summed E-state index contributed by atoms with van der Waals surface area (Å²) in [6, 6.07) is 0. The van der Waals surface area contributed by atoms with E-state index in [2.05, 4.69) is 15.4 Å². The quantitative estimate of drug-likeness (QED) is 0.245. The Balaban J connectivity index is 3.24. The number of anilines is 4. The molecule has 0 radical (unpaired) electrons. The fourth-order valence-corrected chi connectivity index (χ4v) is 0.615. The maximum absolute atomic E-state index is 5.41. The molecule has 0 aromatic carbocycles. The number of nitrogens with one attached hydrogen (secondary N) is 1. The summed E-state index contributed by atoms with van der Waals surface area (Å²) < 4.78 is 0. The Labute approximate surface area is 62.8 Å². The number of hydrogen-bond acceptors (Lipinski definition) is 7.